The van der Waals surface area contributed by atoms with E-state index in [-0.39, 0.29) is 11.6 Å². The third-order valence-electron chi connectivity index (χ3n) is 8.71. The summed E-state index contributed by atoms with van der Waals surface area (Å²) in [4.78, 5) is 26.3. The molecule has 0 N–H and O–H groups in total. The van der Waals surface area contributed by atoms with Crippen LogP contribution in [0.2, 0.25) is 0 Å². The number of fused-ring (bicyclic) bond motifs is 6. The van der Waals surface area contributed by atoms with Gasteiger partial charge in [0.25, 0.3) is 0 Å². The molecular formula is C34H16Cl2O2. The summed E-state index contributed by atoms with van der Waals surface area (Å²) in [5.74, 6) is -1.00. The van der Waals surface area contributed by atoms with Gasteiger partial charge in [0.1, 0.15) is 5.92 Å². The molecule has 1 unspecified atom stereocenters. The van der Waals surface area contributed by atoms with Crippen molar-refractivity contribution in [2.45, 2.75) is 4.33 Å². The van der Waals surface area contributed by atoms with Gasteiger partial charge >= 0.3 is 0 Å². The maximum atomic E-state index is 13.6. The normalized spacial score (nSPS) is 19.5. The molecule has 2 nitrogen and oxygen atoms in total. The van der Waals surface area contributed by atoms with Crippen LogP contribution in [0.5, 0.6) is 0 Å². The summed E-state index contributed by atoms with van der Waals surface area (Å²) in [6.45, 7) is 0. The number of allylic oxidation sites excluding steroid dienone is 6. The minimum atomic E-state index is -1.07. The van der Waals surface area contributed by atoms with E-state index in [1.165, 1.54) is 16.8 Å². The van der Waals surface area contributed by atoms with Crippen molar-refractivity contribution in [3.63, 3.8) is 0 Å². The molecule has 3 aliphatic rings. The van der Waals surface area contributed by atoms with Crippen LogP contribution in [0.4, 0.5) is 0 Å². The molecule has 3 aliphatic carbocycles. The summed E-state index contributed by atoms with van der Waals surface area (Å²) in [5.41, 5.74) is 3.30. The Balaban J connectivity index is 1.50. The highest BCUT2D eigenvalue weighted by Gasteiger charge is 2.38. The summed E-state index contributed by atoms with van der Waals surface area (Å²) in [7, 11) is 0. The molecule has 9 rings (SSSR count). The van der Waals surface area contributed by atoms with Crippen LogP contribution < -0.4 is 5.22 Å². The van der Waals surface area contributed by atoms with E-state index in [2.05, 4.69) is 54.6 Å². The smallest absolute Gasteiger partial charge is 0.178 e. The molecule has 38 heavy (non-hydrogen) atoms. The lowest BCUT2D eigenvalue weighted by atomic mass is 9.72. The third kappa shape index (κ3) is 2.33. The van der Waals surface area contributed by atoms with Crippen LogP contribution in [0, 0.1) is 5.92 Å². The second-order valence-electron chi connectivity index (χ2n) is 10.5. The average Bonchev–Trinajstić information content (AvgIpc) is 2.92. The van der Waals surface area contributed by atoms with Crippen LogP contribution in [0.1, 0.15) is 21.5 Å². The summed E-state index contributed by atoms with van der Waals surface area (Å²) in [5, 5.41) is 12.2. The number of halogens is 2. The first-order chi connectivity index (χ1) is 18.4. The van der Waals surface area contributed by atoms with Gasteiger partial charge in [-0.15, -0.1) is 0 Å². The lowest BCUT2D eigenvalue weighted by molar-refractivity contribution is -0.115. The fourth-order valence-corrected chi connectivity index (χ4v) is 7.62. The second kappa shape index (κ2) is 6.71. The SMILES string of the molecule is O=C1C=CC=C2c3ccc4c5ccc6cc7c(c8ccc(c9ccc(c3c49)C(=O)C12)c5c68)=CC=CC7(Cl)Cl. The van der Waals surface area contributed by atoms with Crippen LogP contribution in [-0.4, -0.2) is 11.6 Å². The topological polar surface area (TPSA) is 34.1 Å². The first kappa shape index (κ1) is 21.0. The van der Waals surface area contributed by atoms with E-state index >= 15 is 0 Å². The zero-order chi connectivity index (χ0) is 25.5. The van der Waals surface area contributed by atoms with E-state index in [9.17, 15) is 9.59 Å². The molecule has 0 fully saturated rings. The van der Waals surface area contributed by atoms with Gasteiger partial charge in [-0.3, -0.25) is 9.59 Å². The van der Waals surface area contributed by atoms with Gasteiger partial charge in [0, 0.05) is 16.5 Å². The summed E-state index contributed by atoms with van der Waals surface area (Å²) in [6.07, 6.45) is 11.0. The van der Waals surface area contributed by atoms with Gasteiger partial charge < -0.3 is 0 Å². The zero-order valence-electron chi connectivity index (χ0n) is 19.8. The monoisotopic (exact) mass is 526 g/mol. The molecule has 1 atom stereocenters. The molecule has 6 aromatic rings. The fourth-order valence-electron chi connectivity index (χ4n) is 7.16. The number of Topliss-reactive ketones (excluding diaryl/α,β-unsaturated/α-hetero) is 1. The van der Waals surface area contributed by atoms with Crippen LogP contribution in [-0.2, 0) is 9.13 Å². The maximum Gasteiger partial charge on any atom is 0.178 e. The van der Waals surface area contributed by atoms with Gasteiger partial charge in [-0.05, 0) is 83.0 Å². The fraction of sp³-hybridized carbons (Fsp3) is 0.0588. The highest BCUT2D eigenvalue weighted by Crippen LogP contribution is 2.49. The van der Waals surface area contributed by atoms with Crippen LogP contribution in [0.3, 0.4) is 0 Å². The van der Waals surface area contributed by atoms with E-state index in [1.807, 2.05) is 24.3 Å². The van der Waals surface area contributed by atoms with Crippen molar-refractivity contribution in [1.29, 1.82) is 0 Å². The van der Waals surface area contributed by atoms with Crippen LogP contribution in [0.15, 0.2) is 85.0 Å². The van der Waals surface area contributed by atoms with E-state index in [4.69, 9.17) is 23.2 Å². The van der Waals surface area contributed by atoms with Gasteiger partial charge in [-0.1, -0.05) is 96.0 Å². The van der Waals surface area contributed by atoms with Gasteiger partial charge in [-0.25, -0.2) is 0 Å². The van der Waals surface area contributed by atoms with E-state index in [1.54, 1.807) is 6.08 Å². The molecule has 0 saturated heterocycles. The van der Waals surface area contributed by atoms with E-state index < -0.39 is 10.3 Å². The molecule has 4 heteroatoms. The van der Waals surface area contributed by atoms with Crippen molar-refractivity contribution in [1.82, 2.24) is 0 Å². The Bertz CT molecular complexity index is 2280. The summed E-state index contributed by atoms with van der Waals surface area (Å²) >= 11 is 13.4. The van der Waals surface area contributed by atoms with E-state index in [0.717, 1.165) is 65.0 Å². The molecule has 0 heterocycles. The van der Waals surface area contributed by atoms with Crippen molar-refractivity contribution in [3.8, 4) is 0 Å². The largest absolute Gasteiger partial charge is 0.294 e. The number of hydrogen-bond donors (Lipinski definition) is 0. The number of rotatable bonds is 0. The Morgan fingerprint density at radius 3 is 2.11 bits per heavy atom. The molecule has 0 radical (unpaired) electrons. The van der Waals surface area contributed by atoms with Crippen molar-refractivity contribution < 1.29 is 9.59 Å². The van der Waals surface area contributed by atoms with Crippen LogP contribution in [0.25, 0.3) is 65.5 Å². The minimum Gasteiger partial charge on any atom is -0.294 e. The maximum absolute atomic E-state index is 13.6. The Kier molecular flexibility index (Phi) is 3.71. The quantitative estimate of drug-likeness (QED) is 0.0871. The Hall–Kier alpha value is -3.98. The van der Waals surface area contributed by atoms with Gasteiger partial charge in [0.2, 0.25) is 0 Å². The number of hydrogen-bond acceptors (Lipinski definition) is 2. The minimum absolute atomic E-state index is 0.113. The number of benzene rings is 6. The molecule has 0 spiro atoms. The molecule has 6 aromatic carbocycles. The summed E-state index contributed by atoms with van der Waals surface area (Å²) in [6, 6.07) is 19.0. The number of carbonyl (C=O) groups is 2. The predicted octanol–water partition coefficient (Wildman–Crippen LogP) is 7.92. The molecule has 0 amide bonds. The van der Waals surface area contributed by atoms with Crippen molar-refractivity contribution in [2.75, 3.05) is 0 Å². The second-order valence-corrected chi connectivity index (χ2v) is 11.9. The number of alkyl halides is 2. The number of carbonyl (C=O) groups excluding carboxylic acids is 2. The Morgan fingerprint density at radius 2 is 1.32 bits per heavy atom. The molecule has 0 saturated carbocycles. The average molecular weight is 527 g/mol. The first-order valence-corrected chi connectivity index (χ1v) is 13.4. The van der Waals surface area contributed by atoms with Gasteiger partial charge in [0.15, 0.2) is 15.9 Å². The molecule has 178 valence electrons. The third-order valence-corrected chi connectivity index (χ3v) is 9.37. The Labute approximate surface area is 226 Å². The molecule has 0 aromatic heterocycles. The van der Waals surface area contributed by atoms with Gasteiger partial charge in [-0.2, -0.15) is 0 Å². The van der Waals surface area contributed by atoms with Crippen LogP contribution >= 0.6 is 23.2 Å². The highest BCUT2D eigenvalue weighted by molar-refractivity contribution is 6.50. The zero-order valence-corrected chi connectivity index (χ0v) is 21.3. The molecule has 0 bridgehead atoms. The lowest BCUT2D eigenvalue weighted by Gasteiger charge is -2.29. The molecular weight excluding hydrogens is 511 g/mol. The van der Waals surface area contributed by atoms with E-state index in [0.29, 0.717) is 5.56 Å². The van der Waals surface area contributed by atoms with Crippen molar-refractivity contribution in [3.05, 3.63) is 107 Å². The lowest BCUT2D eigenvalue weighted by Crippen LogP contribution is -2.29. The Morgan fingerprint density at radius 1 is 0.658 bits per heavy atom. The molecule has 0 aliphatic heterocycles. The summed E-state index contributed by atoms with van der Waals surface area (Å²) < 4.78 is -1.07. The van der Waals surface area contributed by atoms with Crippen molar-refractivity contribution >= 4 is 100 Å². The highest BCUT2D eigenvalue weighted by atomic mass is 35.5. The standard InChI is InChI=1S/C34H16Cl2O2/c35-34(36)14-2-4-17-19-8-9-22-24-12-13-25-31-21(18-3-1-5-27(37)32(18)33(25)38)10-11-23(30(24)31)20-7-6-16(15-26(17)34)28(19)29(20)22/h1-15,32H. The number of ketones is 2. The van der Waals surface area contributed by atoms with Gasteiger partial charge in [0.05, 0.1) is 0 Å². The first-order valence-electron chi connectivity index (χ1n) is 12.6. The predicted molar refractivity (Wildman–Crippen MR) is 157 cm³/mol. The van der Waals surface area contributed by atoms with Crippen molar-refractivity contribution in [2.24, 2.45) is 5.92 Å².